The van der Waals surface area contributed by atoms with Crippen LogP contribution in [0.2, 0.25) is 0 Å². The van der Waals surface area contributed by atoms with E-state index in [-0.39, 0.29) is 32.0 Å². The summed E-state index contributed by atoms with van der Waals surface area (Å²) in [6.45, 7) is 4.36. The van der Waals surface area contributed by atoms with E-state index < -0.39 is 26.5 Å². The number of carbonyl (C=O) groups is 2. The highest BCUT2D eigenvalue weighted by Gasteiger charge is 2.27. The predicted octanol–water partition coefficient (Wildman–Crippen LogP) is 25.1. The van der Waals surface area contributed by atoms with E-state index in [1.54, 1.807) is 0 Å². The Morgan fingerprint density at radius 3 is 0.955 bits per heavy atom. The van der Waals surface area contributed by atoms with E-state index in [1.165, 1.54) is 250 Å². The van der Waals surface area contributed by atoms with Crippen molar-refractivity contribution < 1.29 is 42.1 Å². The lowest BCUT2D eigenvalue weighted by Crippen LogP contribution is -2.37. The van der Waals surface area contributed by atoms with Crippen molar-refractivity contribution in [1.82, 2.24) is 0 Å². The second-order valence-electron chi connectivity index (χ2n) is 27.0. The summed E-state index contributed by atoms with van der Waals surface area (Å²) < 4.78 is 34.8. The number of nitrogens with zero attached hydrogens (tertiary/aromatic N) is 1. The number of phosphoric acid groups is 1. The zero-order valence-corrected chi connectivity index (χ0v) is 60.3. The van der Waals surface area contributed by atoms with E-state index in [2.05, 4.69) is 86.8 Å². The van der Waals surface area contributed by atoms with Gasteiger partial charge in [-0.05, 0) is 64.2 Å². The van der Waals surface area contributed by atoms with Crippen LogP contribution in [0.25, 0.3) is 0 Å². The summed E-state index contributed by atoms with van der Waals surface area (Å²) in [6.07, 6.45) is 94.7. The molecule has 0 fully saturated rings. The van der Waals surface area contributed by atoms with E-state index in [0.29, 0.717) is 17.4 Å². The van der Waals surface area contributed by atoms with E-state index in [9.17, 15) is 19.0 Å². The van der Waals surface area contributed by atoms with Gasteiger partial charge in [-0.3, -0.25) is 18.6 Å². The summed E-state index contributed by atoms with van der Waals surface area (Å²) in [6, 6.07) is 0. The smallest absolute Gasteiger partial charge is 0.462 e. The molecule has 89 heavy (non-hydrogen) atoms. The van der Waals surface area contributed by atoms with Gasteiger partial charge in [-0.2, -0.15) is 0 Å². The molecule has 0 spiro atoms. The summed E-state index contributed by atoms with van der Waals surface area (Å²) in [5.74, 6) is -0.794. The van der Waals surface area contributed by atoms with Crippen LogP contribution in [0, 0.1) is 0 Å². The first-order chi connectivity index (χ1) is 43.5. The first-order valence-electron chi connectivity index (χ1n) is 38.2. The first-order valence-corrected chi connectivity index (χ1v) is 39.7. The molecule has 0 aliphatic carbocycles. The fourth-order valence-electron chi connectivity index (χ4n) is 11.2. The average molecular weight is 1270 g/mol. The van der Waals surface area contributed by atoms with Gasteiger partial charge in [0, 0.05) is 12.8 Å². The van der Waals surface area contributed by atoms with Crippen LogP contribution >= 0.6 is 7.82 Å². The number of phosphoric ester groups is 1. The predicted molar refractivity (Wildman–Crippen MR) is 386 cm³/mol. The maximum Gasteiger partial charge on any atom is 0.472 e. The average Bonchev–Trinajstić information content (AvgIpc) is 3.60. The molecule has 0 aromatic carbocycles. The summed E-state index contributed by atoms with van der Waals surface area (Å²) in [5, 5.41) is 0. The molecular formula is C79H147NO8P+. The van der Waals surface area contributed by atoms with Crippen LogP contribution in [0.1, 0.15) is 367 Å². The minimum Gasteiger partial charge on any atom is -0.462 e. The highest BCUT2D eigenvalue weighted by Crippen LogP contribution is 2.43. The summed E-state index contributed by atoms with van der Waals surface area (Å²) in [7, 11) is 1.48. The minimum atomic E-state index is -4.40. The Bertz CT molecular complexity index is 1730. The fourth-order valence-corrected chi connectivity index (χ4v) is 11.9. The molecule has 0 aromatic rings. The molecule has 9 nitrogen and oxygen atoms in total. The van der Waals surface area contributed by atoms with Gasteiger partial charge in [0.25, 0.3) is 0 Å². The van der Waals surface area contributed by atoms with Crippen molar-refractivity contribution in [3.8, 4) is 0 Å². The van der Waals surface area contributed by atoms with Crippen LogP contribution in [0.3, 0.4) is 0 Å². The van der Waals surface area contributed by atoms with Gasteiger partial charge in [-0.1, -0.05) is 363 Å². The molecular weight excluding hydrogens is 1120 g/mol. The van der Waals surface area contributed by atoms with E-state index in [1.807, 2.05) is 21.1 Å². The van der Waals surface area contributed by atoms with Crippen molar-refractivity contribution >= 4 is 19.8 Å². The molecule has 0 heterocycles. The molecule has 10 heteroatoms. The van der Waals surface area contributed by atoms with Crippen LogP contribution in [0.15, 0.2) is 72.9 Å². The van der Waals surface area contributed by atoms with Crippen LogP contribution < -0.4 is 0 Å². The first kappa shape index (κ1) is 86.5. The van der Waals surface area contributed by atoms with Gasteiger partial charge in [-0.25, -0.2) is 4.57 Å². The van der Waals surface area contributed by atoms with Crippen molar-refractivity contribution in [3.05, 3.63) is 72.9 Å². The number of likely N-dealkylation sites (N-methyl/N-ethyl adjacent to an activating group) is 1. The SMILES string of the molecule is CC/C=C\C/C=C\C/C=C\C/C=C\C/C=C\C/C=C\CCCCCCCCCCC(=O)OC(COC(=O)CCCCCCCCCCCCCCCCCCCCCCCCCCCCCCCCCCCCCCCC)COP(=O)(O)OCC[N+](C)(C)C. The third-order valence-corrected chi connectivity index (χ3v) is 18.0. The molecule has 0 saturated heterocycles. The third-order valence-electron chi connectivity index (χ3n) is 17.0. The molecule has 0 aliphatic rings. The highest BCUT2D eigenvalue weighted by molar-refractivity contribution is 7.47. The Morgan fingerprint density at radius 1 is 0.360 bits per heavy atom. The lowest BCUT2D eigenvalue weighted by atomic mass is 10.0. The maximum atomic E-state index is 12.9. The standard InChI is InChI=1S/C79H146NO8P/c1-6-8-10-12-14-16-18-20-22-24-26-28-30-32-34-35-36-37-38-39-40-41-42-43-44-46-47-49-51-53-55-57-59-61-63-65-67-69-71-78(81)85-75-77(76-87-89(83,84)86-74-73-80(3,4)5)88-79(82)72-70-68-66-64-62-60-58-56-54-52-50-48-45-33-31-29-27-25-23-21-19-17-15-13-11-9-7-2/h9,11,15,17,21,23,27,29,33,45,50,52,77H,6-8,10,12-14,16,18-20,22,24-26,28,30-32,34-44,46-49,51,53-76H2,1-5H3/p+1/b11-9-,17-15-,23-21-,29-27-,45-33-,52-50-. The van der Waals surface area contributed by atoms with Gasteiger partial charge in [0.1, 0.15) is 19.8 Å². The number of quaternary nitrogens is 1. The van der Waals surface area contributed by atoms with Crippen LogP contribution in [-0.4, -0.2) is 74.9 Å². The molecule has 0 bridgehead atoms. The van der Waals surface area contributed by atoms with E-state index in [0.717, 1.165) is 83.5 Å². The number of allylic oxidation sites excluding steroid dienone is 12. The Balaban J connectivity index is 3.94. The number of unbranched alkanes of at least 4 members (excludes halogenated alkanes) is 45. The second-order valence-corrected chi connectivity index (χ2v) is 28.5. The Hall–Kier alpha value is -2.55. The van der Waals surface area contributed by atoms with Gasteiger partial charge in [0.05, 0.1) is 27.7 Å². The van der Waals surface area contributed by atoms with Gasteiger partial charge < -0.3 is 18.9 Å². The number of rotatable bonds is 71. The molecule has 520 valence electrons. The molecule has 0 rings (SSSR count). The van der Waals surface area contributed by atoms with Crippen molar-refractivity contribution in [2.24, 2.45) is 0 Å². The highest BCUT2D eigenvalue weighted by atomic mass is 31.2. The monoisotopic (exact) mass is 1270 g/mol. The van der Waals surface area contributed by atoms with Gasteiger partial charge >= 0.3 is 19.8 Å². The second kappa shape index (κ2) is 69.8. The Kier molecular flexibility index (Phi) is 67.8. The van der Waals surface area contributed by atoms with Crippen molar-refractivity contribution in [2.45, 2.75) is 373 Å². The molecule has 0 radical (unpaired) electrons. The van der Waals surface area contributed by atoms with Gasteiger partial charge in [0.15, 0.2) is 6.10 Å². The number of esters is 2. The molecule has 0 saturated carbocycles. The normalized spacial score (nSPS) is 13.5. The zero-order chi connectivity index (χ0) is 64.8. The Morgan fingerprint density at radius 2 is 0.640 bits per heavy atom. The molecule has 0 aromatic heterocycles. The molecule has 0 aliphatic heterocycles. The van der Waals surface area contributed by atoms with Gasteiger partial charge in [0.2, 0.25) is 0 Å². The maximum absolute atomic E-state index is 12.9. The van der Waals surface area contributed by atoms with E-state index in [4.69, 9.17) is 18.5 Å². The van der Waals surface area contributed by atoms with Crippen molar-refractivity contribution in [2.75, 3.05) is 47.5 Å². The molecule has 2 atom stereocenters. The van der Waals surface area contributed by atoms with Crippen LogP contribution in [0.4, 0.5) is 0 Å². The van der Waals surface area contributed by atoms with Gasteiger partial charge in [-0.15, -0.1) is 0 Å². The number of hydrogen-bond acceptors (Lipinski definition) is 7. The zero-order valence-electron chi connectivity index (χ0n) is 59.4. The number of carbonyl (C=O) groups excluding carboxylic acids is 2. The molecule has 1 N–H and O–H groups in total. The summed E-state index contributed by atoms with van der Waals surface area (Å²) in [4.78, 5) is 35.9. The number of hydrogen-bond donors (Lipinski definition) is 1. The van der Waals surface area contributed by atoms with E-state index >= 15 is 0 Å². The minimum absolute atomic E-state index is 0.0286. The quantitative estimate of drug-likeness (QED) is 0.0211. The third kappa shape index (κ3) is 74.4. The van der Waals surface area contributed by atoms with Crippen LogP contribution in [-0.2, 0) is 32.7 Å². The topological polar surface area (TPSA) is 108 Å². The fraction of sp³-hybridized carbons (Fsp3) is 0.823. The largest absolute Gasteiger partial charge is 0.472 e. The molecule has 2 unspecified atom stereocenters. The van der Waals surface area contributed by atoms with Crippen molar-refractivity contribution in [3.63, 3.8) is 0 Å². The number of ether oxygens (including phenoxy) is 2. The van der Waals surface area contributed by atoms with Crippen molar-refractivity contribution in [1.29, 1.82) is 0 Å². The van der Waals surface area contributed by atoms with Crippen LogP contribution in [0.5, 0.6) is 0 Å². The Labute approximate surface area is 552 Å². The summed E-state index contributed by atoms with van der Waals surface area (Å²) >= 11 is 0. The lowest BCUT2D eigenvalue weighted by molar-refractivity contribution is -0.870. The lowest BCUT2D eigenvalue weighted by Gasteiger charge is -2.24. The summed E-state index contributed by atoms with van der Waals surface area (Å²) in [5.41, 5.74) is 0. The molecule has 0 amide bonds.